The molecular weight excluding hydrogens is 409 g/mol. The van der Waals surface area contributed by atoms with Crippen molar-refractivity contribution in [3.05, 3.63) is 65.9 Å². The van der Waals surface area contributed by atoms with Crippen LogP contribution < -0.4 is 11.1 Å². The molecule has 3 aromatic heterocycles. The van der Waals surface area contributed by atoms with E-state index < -0.39 is 17.9 Å². The van der Waals surface area contributed by atoms with Crippen molar-refractivity contribution in [2.75, 3.05) is 11.1 Å². The Morgan fingerprint density at radius 1 is 1.10 bits per heavy atom. The summed E-state index contributed by atoms with van der Waals surface area (Å²) in [6.07, 6.45) is -3.38. The predicted molar refractivity (Wildman–Crippen MR) is 107 cm³/mol. The molecule has 0 bridgehead atoms. The summed E-state index contributed by atoms with van der Waals surface area (Å²) in [5.41, 5.74) is 5.73. The maximum absolute atomic E-state index is 13.3. The Bertz CT molecular complexity index is 1290. The number of hydrogen-bond donors (Lipinski definition) is 2. The Morgan fingerprint density at radius 3 is 2.52 bits per heavy atom. The van der Waals surface area contributed by atoms with Gasteiger partial charge in [0, 0.05) is 5.69 Å². The summed E-state index contributed by atoms with van der Waals surface area (Å²) >= 11 is 0. The van der Waals surface area contributed by atoms with Gasteiger partial charge in [0.1, 0.15) is 46.6 Å². The van der Waals surface area contributed by atoms with E-state index in [0.717, 1.165) is 6.07 Å². The van der Waals surface area contributed by atoms with Crippen LogP contribution in [0.3, 0.4) is 0 Å². The van der Waals surface area contributed by atoms with Crippen molar-refractivity contribution in [1.29, 1.82) is 5.26 Å². The molecule has 0 aliphatic heterocycles. The number of hydrogen-bond acceptors (Lipinski definition) is 7. The zero-order valence-corrected chi connectivity index (χ0v) is 16.1. The summed E-state index contributed by atoms with van der Waals surface area (Å²) in [5.74, 6) is 0.590. The number of nitrogens with one attached hydrogen (secondary N) is 1. The quantitative estimate of drug-likeness (QED) is 0.511. The topological polar surface area (TPSA) is 118 Å². The molecular formula is C20H15F3N8. The van der Waals surface area contributed by atoms with Gasteiger partial charge in [0.15, 0.2) is 5.65 Å². The number of nitrogens with zero attached hydrogens (tertiary/aromatic N) is 6. The summed E-state index contributed by atoms with van der Waals surface area (Å²) in [4.78, 5) is 16.2. The van der Waals surface area contributed by atoms with Crippen LogP contribution >= 0.6 is 0 Å². The molecule has 0 saturated carbocycles. The number of rotatable bonds is 4. The van der Waals surface area contributed by atoms with Crippen LogP contribution in [-0.2, 0) is 6.18 Å². The minimum atomic E-state index is -4.59. The number of anilines is 2. The molecule has 3 heterocycles. The molecule has 3 N–H and O–H groups in total. The number of para-hydroxylation sites is 1. The normalized spacial score (nSPS) is 12.5. The first-order valence-corrected chi connectivity index (χ1v) is 9.08. The van der Waals surface area contributed by atoms with Gasteiger partial charge in [-0.2, -0.15) is 18.4 Å². The lowest BCUT2D eigenvalue weighted by molar-refractivity contribution is -0.141. The van der Waals surface area contributed by atoms with E-state index in [-0.39, 0.29) is 22.8 Å². The zero-order chi connectivity index (χ0) is 22.2. The number of benzene rings is 1. The van der Waals surface area contributed by atoms with Crippen LogP contribution in [0, 0.1) is 11.3 Å². The zero-order valence-electron chi connectivity index (χ0n) is 16.1. The first-order valence-electron chi connectivity index (χ1n) is 9.08. The molecule has 0 amide bonds. The smallest absolute Gasteiger partial charge is 0.382 e. The van der Waals surface area contributed by atoms with E-state index >= 15 is 0 Å². The fraction of sp³-hybridized carbons (Fsp3) is 0.150. The van der Waals surface area contributed by atoms with Crippen LogP contribution in [0.4, 0.5) is 24.8 Å². The van der Waals surface area contributed by atoms with Crippen LogP contribution in [0.15, 0.2) is 48.8 Å². The molecule has 0 unspecified atom stereocenters. The lowest BCUT2D eigenvalue weighted by Gasteiger charge is -2.17. The van der Waals surface area contributed by atoms with Gasteiger partial charge < -0.3 is 11.1 Å². The molecule has 0 radical (unpaired) electrons. The number of fused-ring (bicyclic) bond motifs is 1. The van der Waals surface area contributed by atoms with Crippen molar-refractivity contribution < 1.29 is 13.2 Å². The maximum Gasteiger partial charge on any atom is 0.433 e. The molecule has 4 aromatic rings. The lowest BCUT2D eigenvalue weighted by atomic mass is 10.2. The van der Waals surface area contributed by atoms with Gasteiger partial charge in [0.05, 0.1) is 6.04 Å². The van der Waals surface area contributed by atoms with E-state index in [2.05, 4.69) is 25.3 Å². The maximum atomic E-state index is 13.3. The van der Waals surface area contributed by atoms with E-state index in [0.29, 0.717) is 17.0 Å². The van der Waals surface area contributed by atoms with Crippen molar-refractivity contribution in [2.45, 2.75) is 19.1 Å². The molecule has 1 aromatic carbocycles. The molecule has 11 heteroatoms. The van der Waals surface area contributed by atoms with Gasteiger partial charge in [-0.3, -0.25) is 4.57 Å². The third kappa shape index (κ3) is 3.71. The number of nitrogen functional groups attached to an aromatic ring is 1. The largest absolute Gasteiger partial charge is 0.433 e. The second kappa shape index (κ2) is 7.56. The summed E-state index contributed by atoms with van der Waals surface area (Å²) in [5, 5.41) is 12.4. The van der Waals surface area contributed by atoms with Crippen molar-refractivity contribution in [1.82, 2.24) is 24.5 Å². The Morgan fingerprint density at radius 2 is 1.84 bits per heavy atom. The van der Waals surface area contributed by atoms with Crippen LogP contribution in [0.25, 0.3) is 16.9 Å². The van der Waals surface area contributed by atoms with Gasteiger partial charge in [-0.25, -0.2) is 19.9 Å². The minimum absolute atomic E-state index is 0.0141. The second-order valence-corrected chi connectivity index (χ2v) is 6.64. The Kier molecular flexibility index (Phi) is 4.90. The Balaban J connectivity index is 1.88. The van der Waals surface area contributed by atoms with Crippen LogP contribution in [0.1, 0.15) is 30.0 Å². The second-order valence-electron chi connectivity index (χ2n) is 6.64. The van der Waals surface area contributed by atoms with E-state index in [1.807, 2.05) is 6.07 Å². The molecule has 1 atom stereocenters. The number of alkyl halides is 3. The standard InChI is InChI=1S/C20H15F3N8/c1-11(28-17-13(9-24)16(25)26-10-27-17)18-29-14-7-8-15(20(21,22)23)30-19(14)31(18)12-5-3-2-4-6-12/h2-8,10-11H,1H3,(H3,25,26,27,28)/t11-/m0/s1. The van der Waals surface area contributed by atoms with Gasteiger partial charge in [-0.1, -0.05) is 18.2 Å². The molecule has 31 heavy (non-hydrogen) atoms. The number of pyridine rings is 1. The monoisotopic (exact) mass is 424 g/mol. The molecule has 0 aliphatic rings. The van der Waals surface area contributed by atoms with Crippen LogP contribution in [-0.4, -0.2) is 24.5 Å². The van der Waals surface area contributed by atoms with Crippen molar-refractivity contribution in [3.63, 3.8) is 0 Å². The molecule has 8 nitrogen and oxygen atoms in total. The minimum Gasteiger partial charge on any atom is -0.382 e. The Labute approximate surface area is 174 Å². The summed E-state index contributed by atoms with van der Waals surface area (Å²) in [6, 6.07) is 12.3. The summed E-state index contributed by atoms with van der Waals surface area (Å²) < 4.78 is 41.3. The van der Waals surface area contributed by atoms with Gasteiger partial charge in [-0.15, -0.1) is 0 Å². The van der Waals surface area contributed by atoms with E-state index in [9.17, 15) is 18.4 Å². The fourth-order valence-corrected chi connectivity index (χ4v) is 3.14. The highest BCUT2D eigenvalue weighted by molar-refractivity contribution is 5.75. The van der Waals surface area contributed by atoms with E-state index in [1.54, 1.807) is 41.8 Å². The average Bonchev–Trinajstić information content (AvgIpc) is 3.13. The van der Waals surface area contributed by atoms with Crippen LogP contribution in [0.5, 0.6) is 0 Å². The molecule has 0 saturated heterocycles. The average molecular weight is 424 g/mol. The number of nitrogens with two attached hydrogens (primary N) is 1. The van der Waals surface area contributed by atoms with Crippen molar-refractivity contribution in [3.8, 4) is 11.8 Å². The van der Waals surface area contributed by atoms with Crippen LogP contribution in [0.2, 0.25) is 0 Å². The highest BCUT2D eigenvalue weighted by Gasteiger charge is 2.33. The van der Waals surface area contributed by atoms with E-state index in [1.165, 1.54) is 12.4 Å². The van der Waals surface area contributed by atoms with Gasteiger partial charge in [0.2, 0.25) is 0 Å². The Hall–Kier alpha value is -4.20. The number of halogens is 3. The molecule has 156 valence electrons. The van der Waals surface area contributed by atoms with E-state index in [4.69, 9.17) is 5.73 Å². The molecule has 0 aliphatic carbocycles. The molecule has 0 spiro atoms. The number of imidazole rings is 1. The highest BCUT2D eigenvalue weighted by Crippen LogP contribution is 2.32. The van der Waals surface area contributed by atoms with Gasteiger partial charge >= 0.3 is 6.18 Å². The highest BCUT2D eigenvalue weighted by atomic mass is 19.4. The SMILES string of the molecule is C[C@H](Nc1ncnc(N)c1C#N)c1nc2ccc(C(F)(F)F)nc2n1-c1ccccc1. The number of aromatic nitrogens is 5. The summed E-state index contributed by atoms with van der Waals surface area (Å²) in [7, 11) is 0. The first kappa shape index (κ1) is 20.1. The van der Waals surface area contributed by atoms with Crippen molar-refractivity contribution >= 4 is 22.8 Å². The third-order valence-electron chi connectivity index (χ3n) is 4.56. The molecule has 4 rings (SSSR count). The summed E-state index contributed by atoms with van der Waals surface area (Å²) in [6.45, 7) is 1.74. The van der Waals surface area contributed by atoms with Gasteiger partial charge in [0.25, 0.3) is 0 Å². The third-order valence-corrected chi connectivity index (χ3v) is 4.56. The van der Waals surface area contributed by atoms with Gasteiger partial charge in [-0.05, 0) is 31.2 Å². The van der Waals surface area contributed by atoms with Crippen molar-refractivity contribution in [2.24, 2.45) is 0 Å². The molecule has 0 fully saturated rings. The first-order chi connectivity index (χ1) is 14.8. The number of nitriles is 1. The fourth-order valence-electron chi connectivity index (χ4n) is 3.14. The predicted octanol–water partition coefficient (Wildman–Crippen LogP) is 3.86. The lowest BCUT2D eigenvalue weighted by Crippen LogP contribution is -2.16.